The van der Waals surface area contributed by atoms with Crippen LogP contribution in [0.4, 0.5) is 5.13 Å². The molecule has 1 N–H and O–H groups in total. The zero-order valence-electron chi connectivity index (χ0n) is 13.6. The molecule has 2 aromatic heterocycles. The SMILES string of the molecule is COc1ccc(-c2noc(CCC(=O)Nc3nnc(SC)s3)n2)cc1. The summed E-state index contributed by atoms with van der Waals surface area (Å²) in [7, 11) is 1.61. The van der Waals surface area contributed by atoms with Gasteiger partial charge in [0, 0.05) is 18.4 Å². The van der Waals surface area contributed by atoms with Crippen molar-refractivity contribution in [2.24, 2.45) is 0 Å². The first-order chi connectivity index (χ1) is 12.2. The number of nitrogens with one attached hydrogen (secondary N) is 1. The second-order valence-corrected chi connectivity index (χ2v) is 6.90. The lowest BCUT2D eigenvalue weighted by Gasteiger charge is -1.99. The number of hydrogen-bond acceptors (Lipinski definition) is 9. The van der Waals surface area contributed by atoms with Crippen LogP contribution in [0, 0.1) is 0 Å². The Bertz CT molecular complexity index is 847. The molecule has 3 aromatic rings. The van der Waals surface area contributed by atoms with Gasteiger partial charge in [0.15, 0.2) is 4.34 Å². The third-order valence-electron chi connectivity index (χ3n) is 3.21. The monoisotopic (exact) mass is 377 g/mol. The summed E-state index contributed by atoms with van der Waals surface area (Å²) in [5.41, 5.74) is 0.818. The molecule has 1 aromatic carbocycles. The molecule has 0 saturated heterocycles. The molecule has 0 unspecified atom stereocenters. The number of methoxy groups -OCH3 is 1. The van der Waals surface area contributed by atoms with E-state index in [0.717, 1.165) is 15.7 Å². The number of anilines is 1. The number of aromatic nitrogens is 4. The lowest BCUT2D eigenvalue weighted by atomic mass is 10.2. The molecule has 10 heteroatoms. The minimum absolute atomic E-state index is 0.173. The van der Waals surface area contributed by atoms with Crippen LogP contribution in [0.5, 0.6) is 5.75 Å². The molecule has 0 radical (unpaired) electrons. The van der Waals surface area contributed by atoms with Crippen molar-refractivity contribution in [1.29, 1.82) is 0 Å². The van der Waals surface area contributed by atoms with E-state index in [9.17, 15) is 4.79 Å². The molecule has 0 atom stereocenters. The van der Waals surface area contributed by atoms with Gasteiger partial charge in [-0.15, -0.1) is 10.2 Å². The summed E-state index contributed by atoms with van der Waals surface area (Å²) >= 11 is 2.82. The lowest BCUT2D eigenvalue weighted by molar-refractivity contribution is -0.116. The molecule has 0 aliphatic heterocycles. The van der Waals surface area contributed by atoms with Gasteiger partial charge < -0.3 is 14.6 Å². The van der Waals surface area contributed by atoms with Crippen LogP contribution < -0.4 is 10.1 Å². The zero-order valence-corrected chi connectivity index (χ0v) is 15.2. The zero-order chi connectivity index (χ0) is 17.6. The van der Waals surface area contributed by atoms with Gasteiger partial charge in [-0.2, -0.15) is 4.98 Å². The fourth-order valence-electron chi connectivity index (χ4n) is 1.96. The van der Waals surface area contributed by atoms with E-state index in [-0.39, 0.29) is 12.3 Å². The number of rotatable bonds is 7. The molecular weight excluding hydrogens is 362 g/mol. The Hall–Kier alpha value is -2.46. The highest BCUT2D eigenvalue weighted by Gasteiger charge is 2.12. The maximum Gasteiger partial charge on any atom is 0.227 e. The van der Waals surface area contributed by atoms with E-state index in [0.29, 0.717) is 23.3 Å². The van der Waals surface area contributed by atoms with Gasteiger partial charge in [-0.05, 0) is 30.5 Å². The molecule has 0 aliphatic rings. The number of ether oxygens (including phenoxy) is 1. The number of aryl methyl sites for hydroxylation is 1. The highest BCUT2D eigenvalue weighted by Crippen LogP contribution is 2.23. The van der Waals surface area contributed by atoms with Crippen molar-refractivity contribution >= 4 is 34.1 Å². The van der Waals surface area contributed by atoms with Gasteiger partial charge in [-0.25, -0.2) is 0 Å². The van der Waals surface area contributed by atoms with Crippen LogP contribution >= 0.6 is 23.1 Å². The molecule has 0 fully saturated rings. The Balaban J connectivity index is 1.54. The molecule has 2 heterocycles. The molecule has 130 valence electrons. The maximum absolute atomic E-state index is 11.9. The van der Waals surface area contributed by atoms with Crippen molar-refractivity contribution in [3.63, 3.8) is 0 Å². The summed E-state index contributed by atoms with van der Waals surface area (Å²) in [5, 5.41) is 14.9. The molecule has 8 nitrogen and oxygen atoms in total. The van der Waals surface area contributed by atoms with Crippen molar-refractivity contribution in [2.45, 2.75) is 17.2 Å². The molecular formula is C15H15N5O3S2. The first-order valence-electron chi connectivity index (χ1n) is 7.32. The van der Waals surface area contributed by atoms with Gasteiger partial charge in [-0.1, -0.05) is 28.3 Å². The number of benzene rings is 1. The average Bonchev–Trinajstić information content (AvgIpc) is 3.29. The predicted octanol–water partition coefficient (Wildman–Crippen LogP) is 2.89. The molecule has 3 rings (SSSR count). The number of carbonyl (C=O) groups is 1. The third-order valence-corrected chi connectivity index (χ3v) is 5.02. The van der Waals surface area contributed by atoms with Crippen molar-refractivity contribution in [3.05, 3.63) is 30.2 Å². The van der Waals surface area contributed by atoms with Crippen LogP contribution in [-0.4, -0.2) is 39.6 Å². The van der Waals surface area contributed by atoms with E-state index in [1.165, 1.54) is 23.1 Å². The molecule has 1 amide bonds. The second kappa shape index (κ2) is 8.08. The fourth-order valence-corrected chi connectivity index (χ4v) is 3.14. The van der Waals surface area contributed by atoms with E-state index in [2.05, 4.69) is 25.7 Å². The first-order valence-corrected chi connectivity index (χ1v) is 9.36. The van der Waals surface area contributed by atoms with Crippen LogP contribution in [0.25, 0.3) is 11.4 Å². The maximum atomic E-state index is 11.9. The minimum Gasteiger partial charge on any atom is -0.497 e. The van der Waals surface area contributed by atoms with E-state index in [1.54, 1.807) is 7.11 Å². The van der Waals surface area contributed by atoms with Crippen LogP contribution in [-0.2, 0) is 11.2 Å². The third kappa shape index (κ3) is 4.54. The van der Waals surface area contributed by atoms with Gasteiger partial charge in [0.25, 0.3) is 0 Å². The van der Waals surface area contributed by atoms with Crippen molar-refractivity contribution in [3.8, 4) is 17.1 Å². The van der Waals surface area contributed by atoms with Crippen LogP contribution in [0.1, 0.15) is 12.3 Å². The highest BCUT2D eigenvalue weighted by molar-refractivity contribution is 8.00. The average molecular weight is 377 g/mol. The molecule has 0 spiro atoms. The van der Waals surface area contributed by atoms with Gasteiger partial charge in [0.05, 0.1) is 7.11 Å². The number of carbonyl (C=O) groups excluding carboxylic acids is 1. The summed E-state index contributed by atoms with van der Waals surface area (Å²) in [6.07, 6.45) is 2.48. The Morgan fingerprint density at radius 3 is 2.80 bits per heavy atom. The Labute approximate surface area is 152 Å². The summed E-state index contributed by atoms with van der Waals surface area (Å²) in [4.78, 5) is 16.3. The van der Waals surface area contributed by atoms with Crippen molar-refractivity contribution in [1.82, 2.24) is 20.3 Å². The summed E-state index contributed by atoms with van der Waals surface area (Å²) in [5.74, 6) is 1.47. The standard InChI is InChI=1S/C15H15N5O3S2/c1-22-10-5-3-9(4-6-10)13-17-12(23-20-13)8-7-11(21)16-14-18-19-15(24-2)25-14/h3-6H,7-8H2,1-2H3,(H,16,18,21). The van der Waals surface area contributed by atoms with Gasteiger partial charge in [0.1, 0.15) is 5.75 Å². The van der Waals surface area contributed by atoms with Crippen LogP contribution in [0.15, 0.2) is 33.1 Å². The topological polar surface area (TPSA) is 103 Å². The first kappa shape index (κ1) is 17.4. The number of thioether (sulfide) groups is 1. The van der Waals surface area contributed by atoms with Crippen molar-refractivity contribution in [2.75, 3.05) is 18.7 Å². The summed E-state index contributed by atoms with van der Waals surface area (Å²) in [6.45, 7) is 0. The Morgan fingerprint density at radius 1 is 1.32 bits per heavy atom. The second-order valence-electron chi connectivity index (χ2n) is 4.87. The normalized spacial score (nSPS) is 10.6. The smallest absolute Gasteiger partial charge is 0.227 e. The lowest BCUT2D eigenvalue weighted by Crippen LogP contribution is -2.12. The van der Waals surface area contributed by atoms with E-state index in [1.807, 2.05) is 30.5 Å². The predicted molar refractivity (Wildman–Crippen MR) is 94.9 cm³/mol. The molecule has 0 bridgehead atoms. The van der Waals surface area contributed by atoms with E-state index < -0.39 is 0 Å². The Kier molecular flexibility index (Phi) is 5.61. The molecule has 0 saturated carbocycles. The number of nitrogens with zero attached hydrogens (tertiary/aromatic N) is 4. The van der Waals surface area contributed by atoms with E-state index in [4.69, 9.17) is 9.26 Å². The highest BCUT2D eigenvalue weighted by atomic mass is 32.2. The Morgan fingerprint density at radius 2 is 2.12 bits per heavy atom. The summed E-state index contributed by atoms with van der Waals surface area (Å²) in [6, 6.07) is 7.34. The van der Waals surface area contributed by atoms with E-state index >= 15 is 0 Å². The van der Waals surface area contributed by atoms with Gasteiger partial charge in [-0.3, -0.25) is 4.79 Å². The molecule has 25 heavy (non-hydrogen) atoms. The number of amides is 1. The van der Waals surface area contributed by atoms with Gasteiger partial charge >= 0.3 is 0 Å². The van der Waals surface area contributed by atoms with Crippen LogP contribution in [0.2, 0.25) is 0 Å². The quantitative estimate of drug-likeness (QED) is 0.495. The largest absolute Gasteiger partial charge is 0.497 e. The fraction of sp³-hybridized carbons (Fsp3) is 0.267. The number of hydrogen-bond donors (Lipinski definition) is 1. The molecule has 0 aliphatic carbocycles. The van der Waals surface area contributed by atoms with Gasteiger partial charge in [0.2, 0.25) is 22.8 Å². The summed E-state index contributed by atoms with van der Waals surface area (Å²) < 4.78 is 11.1. The van der Waals surface area contributed by atoms with Crippen LogP contribution in [0.3, 0.4) is 0 Å². The minimum atomic E-state index is -0.173. The van der Waals surface area contributed by atoms with Crippen molar-refractivity contribution < 1.29 is 14.1 Å².